The number of benzene rings is 2. The number of aromatic nitrogens is 1. The average Bonchev–Trinajstić information content (AvgIpc) is 3.10. The minimum absolute atomic E-state index is 0.130. The molecule has 28 heavy (non-hydrogen) atoms. The van der Waals surface area contributed by atoms with Gasteiger partial charge in [-0.3, -0.25) is 4.79 Å². The summed E-state index contributed by atoms with van der Waals surface area (Å²) in [6, 6.07) is 12.8. The lowest BCUT2D eigenvalue weighted by molar-refractivity contribution is -0.115. The molecule has 0 atom stereocenters. The number of halogens is 2. The Morgan fingerprint density at radius 3 is 2.86 bits per heavy atom. The molecular formula is C20H18Cl2N2O2S2. The zero-order chi connectivity index (χ0) is 19.9. The Hall–Kier alpha value is -1.73. The number of para-hydroxylation sites is 2. The highest BCUT2D eigenvalue weighted by Crippen LogP contribution is 2.30. The summed E-state index contributed by atoms with van der Waals surface area (Å²) in [5.41, 5.74) is 2.40. The quantitative estimate of drug-likeness (QED) is 0.406. The van der Waals surface area contributed by atoms with Gasteiger partial charge in [-0.25, -0.2) is 4.98 Å². The number of hydrogen-bond donors (Lipinski definition) is 1. The zero-order valence-electron chi connectivity index (χ0n) is 15.1. The van der Waals surface area contributed by atoms with Crippen molar-refractivity contribution in [3.63, 3.8) is 0 Å². The molecule has 3 aromatic rings. The van der Waals surface area contributed by atoms with Crippen LogP contribution in [0.1, 0.15) is 18.2 Å². The molecule has 1 N–H and O–H groups in total. The number of ether oxygens (including phenoxy) is 1. The van der Waals surface area contributed by atoms with Gasteiger partial charge in [0.25, 0.3) is 0 Å². The van der Waals surface area contributed by atoms with Crippen LogP contribution in [0.4, 0.5) is 5.69 Å². The Balaban J connectivity index is 1.56. The minimum Gasteiger partial charge on any atom is -0.492 e. The van der Waals surface area contributed by atoms with Gasteiger partial charge in [-0.1, -0.05) is 53.2 Å². The molecule has 0 aliphatic heterocycles. The lowest BCUT2D eigenvalue weighted by Crippen LogP contribution is -2.15. The van der Waals surface area contributed by atoms with E-state index in [1.165, 1.54) is 11.3 Å². The number of carbonyl (C=O) groups is 1. The molecular weight excluding hydrogens is 435 g/mol. The molecule has 0 radical (unpaired) electrons. The van der Waals surface area contributed by atoms with Crippen molar-refractivity contribution in [2.75, 3.05) is 11.9 Å². The Labute approximate surface area is 182 Å². The summed E-state index contributed by atoms with van der Waals surface area (Å²) >= 11 is 15.2. The van der Waals surface area contributed by atoms with Gasteiger partial charge < -0.3 is 10.1 Å². The first-order chi connectivity index (χ1) is 13.5. The Kier molecular flexibility index (Phi) is 7.62. The van der Waals surface area contributed by atoms with Gasteiger partial charge in [-0.2, -0.15) is 0 Å². The van der Waals surface area contributed by atoms with Crippen LogP contribution < -0.4 is 10.1 Å². The summed E-state index contributed by atoms with van der Waals surface area (Å²) in [5, 5.41) is 6.05. The van der Waals surface area contributed by atoms with Crippen LogP contribution in [0.2, 0.25) is 10.0 Å². The van der Waals surface area contributed by atoms with E-state index in [9.17, 15) is 4.79 Å². The number of hydrogen-bond acceptors (Lipinski definition) is 5. The first-order valence-electron chi connectivity index (χ1n) is 8.58. The van der Waals surface area contributed by atoms with E-state index in [-0.39, 0.29) is 12.3 Å². The standard InChI is InChI=1S/C20H18Cl2N2O2S2/c1-2-26-18-6-4-3-5-17(18)24-19(25)10-15-12-28-20(23-15)27-11-13-7-8-14(21)9-16(13)22/h3-9,12H,2,10-11H2,1H3,(H,24,25). The number of rotatable bonds is 8. The number of thiazole rings is 1. The number of nitrogens with zero attached hydrogens (tertiary/aromatic N) is 1. The molecule has 0 fully saturated rings. The highest BCUT2D eigenvalue weighted by molar-refractivity contribution is 8.00. The fourth-order valence-corrected chi connectivity index (χ4v) is 4.83. The molecule has 1 amide bonds. The maximum atomic E-state index is 12.4. The molecule has 0 bridgehead atoms. The lowest BCUT2D eigenvalue weighted by Gasteiger charge is -2.10. The van der Waals surface area contributed by atoms with Crippen LogP contribution in [0.3, 0.4) is 0 Å². The molecule has 146 valence electrons. The van der Waals surface area contributed by atoms with Crippen LogP contribution in [0.15, 0.2) is 52.2 Å². The van der Waals surface area contributed by atoms with Gasteiger partial charge in [0.05, 0.1) is 24.4 Å². The third-order valence-electron chi connectivity index (χ3n) is 3.70. The van der Waals surface area contributed by atoms with Gasteiger partial charge in [-0.15, -0.1) is 11.3 Å². The second-order valence-corrected chi connectivity index (χ2v) is 8.71. The van der Waals surface area contributed by atoms with Crippen LogP contribution >= 0.6 is 46.3 Å². The van der Waals surface area contributed by atoms with Gasteiger partial charge in [0, 0.05) is 21.2 Å². The Bertz CT molecular complexity index is 963. The van der Waals surface area contributed by atoms with E-state index in [0.29, 0.717) is 33.8 Å². The molecule has 1 aromatic heterocycles. The number of nitrogens with one attached hydrogen (secondary N) is 1. The molecule has 4 nitrogen and oxygen atoms in total. The molecule has 0 spiro atoms. The van der Waals surface area contributed by atoms with Crippen LogP contribution in [0, 0.1) is 0 Å². The molecule has 1 heterocycles. The first-order valence-corrected chi connectivity index (χ1v) is 11.2. The number of anilines is 1. The van der Waals surface area contributed by atoms with E-state index in [0.717, 1.165) is 15.6 Å². The minimum atomic E-state index is -0.130. The van der Waals surface area contributed by atoms with E-state index in [1.54, 1.807) is 17.8 Å². The molecule has 0 saturated carbocycles. The van der Waals surface area contributed by atoms with E-state index in [2.05, 4.69) is 10.3 Å². The van der Waals surface area contributed by atoms with Crippen molar-refractivity contribution >= 4 is 57.9 Å². The van der Waals surface area contributed by atoms with Crippen molar-refractivity contribution in [3.05, 3.63) is 69.1 Å². The molecule has 0 unspecified atom stereocenters. The van der Waals surface area contributed by atoms with Gasteiger partial charge >= 0.3 is 0 Å². The van der Waals surface area contributed by atoms with Gasteiger partial charge in [-0.05, 0) is 36.8 Å². The van der Waals surface area contributed by atoms with Crippen molar-refractivity contribution in [3.8, 4) is 5.75 Å². The van der Waals surface area contributed by atoms with Crippen molar-refractivity contribution in [1.82, 2.24) is 4.98 Å². The highest BCUT2D eigenvalue weighted by Gasteiger charge is 2.11. The molecule has 0 aliphatic carbocycles. The normalized spacial score (nSPS) is 10.7. The highest BCUT2D eigenvalue weighted by atomic mass is 35.5. The maximum Gasteiger partial charge on any atom is 0.230 e. The van der Waals surface area contributed by atoms with E-state index < -0.39 is 0 Å². The second kappa shape index (κ2) is 10.2. The third-order valence-corrected chi connectivity index (χ3v) is 6.41. The second-order valence-electron chi connectivity index (χ2n) is 5.78. The van der Waals surface area contributed by atoms with Gasteiger partial charge in [0.1, 0.15) is 10.1 Å². The third kappa shape index (κ3) is 5.88. The number of carbonyl (C=O) groups excluding carboxylic acids is 1. The molecule has 0 saturated heterocycles. The Morgan fingerprint density at radius 1 is 1.25 bits per heavy atom. The van der Waals surface area contributed by atoms with Gasteiger partial charge in [0.15, 0.2) is 0 Å². The summed E-state index contributed by atoms with van der Waals surface area (Å²) in [4.78, 5) is 16.9. The van der Waals surface area contributed by atoms with Gasteiger partial charge in [0.2, 0.25) is 5.91 Å². The first kappa shape index (κ1) is 21.0. The van der Waals surface area contributed by atoms with Crippen molar-refractivity contribution in [1.29, 1.82) is 0 Å². The topological polar surface area (TPSA) is 51.2 Å². The largest absolute Gasteiger partial charge is 0.492 e. The predicted molar refractivity (Wildman–Crippen MR) is 118 cm³/mol. The van der Waals surface area contributed by atoms with Crippen molar-refractivity contribution < 1.29 is 9.53 Å². The van der Waals surface area contributed by atoms with E-state index in [4.69, 9.17) is 27.9 Å². The predicted octanol–water partition coefficient (Wildman–Crippen LogP) is 6.32. The summed E-state index contributed by atoms with van der Waals surface area (Å²) in [7, 11) is 0. The van der Waals surface area contributed by atoms with Crippen LogP contribution in [-0.2, 0) is 17.0 Å². The molecule has 3 rings (SSSR count). The summed E-state index contributed by atoms with van der Waals surface area (Å²) in [6.07, 6.45) is 0.208. The van der Waals surface area contributed by atoms with Crippen LogP contribution in [0.25, 0.3) is 0 Å². The summed E-state index contributed by atoms with van der Waals surface area (Å²) < 4.78 is 6.42. The van der Waals surface area contributed by atoms with Crippen molar-refractivity contribution in [2.24, 2.45) is 0 Å². The van der Waals surface area contributed by atoms with Crippen LogP contribution in [0.5, 0.6) is 5.75 Å². The smallest absolute Gasteiger partial charge is 0.230 e. The maximum absolute atomic E-state index is 12.4. The van der Waals surface area contributed by atoms with Crippen LogP contribution in [-0.4, -0.2) is 17.5 Å². The van der Waals surface area contributed by atoms with E-state index in [1.807, 2.05) is 48.7 Å². The molecule has 0 aliphatic rings. The fraction of sp³-hybridized carbons (Fsp3) is 0.200. The van der Waals surface area contributed by atoms with Crippen molar-refractivity contribution in [2.45, 2.75) is 23.4 Å². The Morgan fingerprint density at radius 2 is 2.07 bits per heavy atom. The zero-order valence-corrected chi connectivity index (χ0v) is 18.2. The average molecular weight is 453 g/mol. The summed E-state index contributed by atoms with van der Waals surface area (Å²) in [6.45, 7) is 2.45. The molecule has 8 heteroatoms. The SMILES string of the molecule is CCOc1ccccc1NC(=O)Cc1csc(SCc2ccc(Cl)cc2Cl)n1. The van der Waals surface area contributed by atoms with E-state index >= 15 is 0 Å². The lowest BCUT2D eigenvalue weighted by atomic mass is 10.2. The monoisotopic (exact) mass is 452 g/mol. The molecule has 2 aromatic carbocycles. The number of thioether (sulfide) groups is 1. The summed E-state index contributed by atoms with van der Waals surface area (Å²) in [5.74, 6) is 1.22. The number of amides is 1. The fourth-order valence-electron chi connectivity index (χ4n) is 2.42.